The predicted molar refractivity (Wildman–Crippen MR) is 104 cm³/mol. The van der Waals surface area contributed by atoms with E-state index in [1.165, 1.54) is 6.42 Å². The second-order valence-corrected chi connectivity index (χ2v) is 7.42. The Morgan fingerprint density at radius 1 is 1.26 bits per heavy atom. The first kappa shape index (κ1) is 20.1. The van der Waals surface area contributed by atoms with E-state index in [0.717, 1.165) is 63.5 Å². The van der Waals surface area contributed by atoms with Crippen LogP contribution in [0.1, 0.15) is 31.7 Å². The van der Waals surface area contributed by atoms with E-state index < -0.39 is 6.10 Å². The molecular formula is C21H32N2O4. The van der Waals surface area contributed by atoms with Crippen LogP contribution in [0.2, 0.25) is 0 Å². The number of ether oxygens (including phenoxy) is 3. The number of nitrogens with zero attached hydrogens (tertiary/aromatic N) is 2. The van der Waals surface area contributed by atoms with Crippen molar-refractivity contribution in [2.45, 2.75) is 45.0 Å². The number of rotatable bonds is 7. The van der Waals surface area contributed by atoms with Crippen LogP contribution in [0.25, 0.3) is 0 Å². The zero-order valence-corrected chi connectivity index (χ0v) is 16.6. The third-order valence-electron chi connectivity index (χ3n) is 5.37. The zero-order valence-electron chi connectivity index (χ0n) is 16.6. The Morgan fingerprint density at radius 3 is 2.93 bits per heavy atom. The van der Waals surface area contributed by atoms with Gasteiger partial charge in [0.2, 0.25) is 0 Å². The molecule has 150 valence electrons. The molecule has 0 spiro atoms. The van der Waals surface area contributed by atoms with Gasteiger partial charge in [-0.25, -0.2) is 0 Å². The van der Waals surface area contributed by atoms with E-state index in [1.54, 1.807) is 7.11 Å². The van der Waals surface area contributed by atoms with E-state index in [-0.39, 0.29) is 5.91 Å². The van der Waals surface area contributed by atoms with Crippen molar-refractivity contribution in [1.29, 1.82) is 0 Å². The molecule has 0 bridgehead atoms. The Morgan fingerprint density at radius 2 is 2.15 bits per heavy atom. The highest BCUT2D eigenvalue weighted by atomic mass is 16.5. The molecule has 2 atom stereocenters. The van der Waals surface area contributed by atoms with Gasteiger partial charge < -0.3 is 19.1 Å². The van der Waals surface area contributed by atoms with Gasteiger partial charge in [0.1, 0.15) is 11.9 Å². The van der Waals surface area contributed by atoms with Crippen LogP contribution in [-0.4, -0.2) is 74.4 Å². The first-order valence-electron chi connectivity index (χ1n) is 10.0. The lowest BCUT2D eigenvalue weighted by atomic mass is 10.2. The second kappa shape index (κ2) is 10.1. The van der Waals surface area contributed by atoms with Crippen LogP contribution in [0.5, 0.6) is 5.75 Å². The summed E-state index contributed by atoms with van der Waals surface area (Å²) in [7, 11) is 1.65. The monoisotopic (exact) mass is 376 g/mol. The molecule has 6 nitrogen and oxygen atoms in total. The molecule has 1 amide bonds. The normalized spacial score (nSPS) is 22.4. The van der Waals surface area contributed by atoms with Gasteiger partial charge in [0.05, 0.1) is 19.8 Å². The Hall–Kier alpha value is -1.63. The minimum Gasteiger partial charge on any atom is -0.497 e. The Bertz CT molecular complexity index is 604. The van der Waals surface area contributed by atoms with Crippen molar-refractivity contribution >= 4 is 5.91 Å². The highest BCUT2D eigenvalue weighted by Gasteiger charge is 2.26. The number of amides is 1. The molecule has 6 heteroatoms. The largest absolute Gasteiger partial charge is 0.497 e. The average Bonchev–Trinajstić information content (AvgIpc) is 3.10. The summed E-state index contributed by atoms with van der Waals surface area (Å²) < 4.78 is 16.8. The molecule has 0 aliphatic carbocycles. The summed E-state index contributed by atoms with van der Waals surface area (Å²) in [6.45, 7) is 7.64. The fraction of sp³-hybridized carbons (Fsp3) is 0.667. The van der Waals surface area contributed by atoms with Crippen molar-refractivity contribution in [3.63, 3.8) is 0 Å². The Balaban J connectivity index is 1.44. The summed E-state index contributed by atoms with van der Waals surface area (Å²) in [5.74, 6) is 0.880. The van der Waals surface area contributed by atoms with Gasteiger partial charge in [-0.2, -0.15) is 0 Å². The predicted octanol–water partition coefficient (Wildman–Crippen LogP) is 2.31. The van der Waals surface area contributed by atoms with Crippen LogP contribution >= 0.6 is 0 Å². The minimum absolute atomic E-state index is 0.0804. The van der Waals surface area contributed by atoms with Crippen molar-refractivity contribution in [3.05, 3.63) is 29.8 Å². The van der Waals surface area contributed by atoms with Gasteiger partial charge in [0.15, 0.2) is 0 Å². The van der Waals surface area contributed by atoms with Crippen LogP contribution in [0, 0.1) is 0 Å². The molecule has 0 N–H and O–H groups in total. The maximum absolute atomic E-state index is 12.8. The Kier molecular flexibility index (Phi) is 7.50. The molecule has 0 aromatic heterocycles. The van der Waals surface area contributed by atoms with Crippen LogP contribution in [0.15, 0.2) is 24.3 Å². The highest BCUT2D eigenvalue weighted by molar-refractivity contribution is 5.80. The summed E-state index contributed by atoms with van der Waals surface area (Å²) >= 11 is 0. The molecule has 2 heterocycles. The van der Waals surface area contributed by atoms with E-state index in [9.17, 15) is 4.79 Å². The maximum atomic E-state index is 12.8. The molecule has 27 heavy (non-hydrogen) atoms. The first-order chi connectivity index (χ1) is 13.2. The molecule has 2 saturated heterocycles. The lowest BCUT2D eigenvalue weighted by Crippen LogP contribution is -2.42. The van der Waals surface area contributed by atoms with Gasteiger partial charge in [0, 0.05) is 32.8 Å². The van der Waals surface area contributed by atoms with Gasteiger partial charge in [-0.3, -0.25) is 9.69 Å². The van der Waals surface area contributed by atoms with Crippen LogP contribution in [0.4, 0.5) is 0 Å². The third-order valence-corrected chi connectivity index (χ3v) is 5.37. The van der Waals surface area contributed by atoms with Crippen LogP contribution < -0.4 is 4.74 Å². The van der Waals surface area contributed by atoms with E-state index in [2.05, 4.69) is 4.90 Å². The molecule has 1 aromatic carbocycles. The smallest absolute Gasteiger partial charge is 0.251 e. The molecule has 0 saturated carbocycles. The van der Waals surface area contributed by atoms with Gasteiger partial charge in [-0.15, -0.1) is 0 Å². The number of carbonyl (C=O) groups excluding carboxylic acids is 1. The summed E-state index contributed by atoms with van der Waals surface area (Å²) in [5.41, 5.74) is 1.01. The molecule has 3 rings (SSSR count). The van der Waals surface area contributed by atoms with Gasteiger partial charge >= 0.3 is 0 Å². The quantitative estimate of drug-likeness (QED) is 0.731. The van der Waals surface area contributed by atoms with Crippen molar-refractivity contribution in [3.8, 4) is 5.75 Å². The second-order valence-electron chi connectivity index (χ2n) is 7.42. The summed E-state index contributed by atoms with van der Waals surface area (Å²) in [6, 6.07) is 7.75. The van der Waals surface area contributed by atoms with Crippen LogP contribution in [-0.2, 0) is 20.9 Å². The van der Waals surface area contributed by atoms with Crippen molar-refractivity contribution < 1.29 is 19.0 Å². The molecule has 0 unspecified atom stereocenters. The first-order valence-corrected chi connectivity index (χ1v) is 10.0. The molecule has 2 aliphatic heterocycles. The highest BCUT2D eigenvalue weighted by Crippen LogP contribution is 2.16. The minimum atomic E-state index is -0.444. The SMILES string of the molecule is COc1cccc(CO[C@@H](C)C(=O)N2CCCN(C[C@@H]3CCCO3)CC2)c1. The number of hydrogen-bond donors (Lipinski definition) is 0. The standard InChI is InChI=1S/C21H32N2O4/c1-17(27-16-18-6-3-7-19(14-18)25-2)21(24)23-10-5-9-22(11-12-23)15-20-8-4-13-26-20/h3,6-7,14,17,20H,4-5,8-13,15-16H2,1-2H3/t17-,20-/m0/s1. The summed E-state index contributed by atoms with van der Waals surface area (Å²) in [4.78, 5) is 17.2. The zero-order chi connectivity index (χ0) is 19.1. The van der Waals surface area contributed by atoms with Gasteiger partial charge in [-0.1, -0.05) is 12.1 Å². The average molecular weight is 376 g/mol. The third kappa shape index (κ3) is 5.92. The van der Waals surface area contributed by atoms with Crippen molar-refractivity contribution in [2.75, 3.05) is 46.4 Å². The lowest BCUT2D eigenvalue weighted by Gasteiger charge is -2.25. The number of methoxy groups -OCH3 is 1. The molecule has 2 fully saturated rings. The topological polar surface area (TPSA) is 51.2 Å². The van der Waals surface area contributed by atoms with Gasteiger partial charge in [-0.05, 0) is 50.4 Å². The fourth-order valence-corrected chi connectivity index (χ4v) is 3.76. The molecule has 0 radical (unpaired) electrons. The summed E-state index contributed by atoms with van der Waals surface area (Å²) in [6.07, 6.45) is 3.26. The number of hydrogen-bond acceptors (Lipinski definition) is 5. The number of benzene rings is 1. The number of carbonyl (C=O) groups is 1. The van der Waals surface area contributed by atoms with Crippen molar-refractivity contribution in [2.24, 2.45) is 0 Å². The van der Waals surface area contributed by atoms with Gasteiger partial charge in [0.25, 0.3) is 5.91 Å². The fourth-order valence-electron chi connectivity index (χ4n) is 3.76. The summed E-state index contributed by atoms with van der Waals surface area (Å²) in [5, 5.41) is 0. The van der Waals surface area contributed by atoms with E-state index in [0.29, 0.717) is 12.7 Å². The van der Waals surface area contributed by atoms with E-state index in [4.69, 9.17) is 14.2 Å². The molecular weight excluding hydrogens is 344 g/mol. The molecule has 1 aromatic rings. The molecule has 2 aliphatic rings. The maximum Gasteiger partial charge on any atom is 0.251 e. The van der Waals surface area contributed by atoms with E-state index >= 15 is 0 Å². The van der Waals surface area contributed by atoms with Crippen LogP contribution in [0.3, 0.4) is 0 Å². The lowest BCUT2D eigenvalue weighted by molar-refractivity contribution is -0.143. The van der Waals surface area contributed by atoms with Crippen molar-refractivity contribution in [1.82, 2.24) is 9.80 Å². The Labute approximate surface area is 162 Å². The van der Waals surface area contributed by atoms with E-state index in [1.807, 2.05) is 36.1 Å².